The quantitative estimate of drug-likeness (QED) is 0.461. The fraction of sp³-hybridized carbons (Fsp3) is 0.526. The zero-order chi connectivity index (χ0) is 14.9. The van der Waals surface area contributed by atoms with Crippen molar-refractivity contribution in [2.45, 2.75) is 64.7 Å². The highest BCUT2D eigenvalue weighted by atomic mass is 79.9. The predicted octanol–water partition coefficient (Wildman–Crippen LogP) is 6.68. The molecule has 2 rings (SSSR count). The summed E-state index contributed by atoms with van der Waals surface area (Å²) in [5.74, 6) is 0. The van der Waals surface area contributed by atoms with Gasteiger partial charge in [0.25, 0.3) is 0 Å². The van der Waals surface area contributed by atoms with Crippen LogP contribution in [0.5, 0.6) is 0 Å². The predicted molar refractivity (Wildman–Crippen MR) is 95.8 cm³/mol. The number of aryl methyl sites for hydroxylation is 1. The van der Waals surface area contributed by atoms with Crippen molar-refractivity contribution in [2.75, 3.05) is 0 Å². The third-order valence-corrected chi connectivity index (χ3v) is 4.70. The highest BCUT2D eigenvalue weighted by molar-refractivity contribution is 9.10. The van der Waals surface area contributed by atoms with E-state index in [2.05, 4.69) is 53.2 Å². The van der Waals surface area contributed by atoms with Gasteiger partial charge in [-0.25, -0.2) is 0 Å². The number of rotatable bonds is 9. The van der Waals surface area contributed by atoms with Crippen molar-refractivity contribution in [1.29, 1.82) is 0 Å². The van der Waals surface area contributed by atoms with Crippen molar-refractivity contribution >= 4 is 26.8 Å². The van der Waals surface area contributed by atoms with E-state index in [-0.39, 0.29) is 0 Å². The number of fused-ring (bicyclic) bond motifs is 1. The molecular formula is C19H26BrN. The van der Waals surface area contributed by atoms with Crippen LogP contribution in [0.2, 0.25) is 0 Å². The lowest BCUT2D eigenvalue weighted by Crippen LogP contribution is -1.93. The Hall–Kier alpha value is -0.890. The van der Waals surface area contributed by atoms with Crippen LogP contribution in [0.3, 0.4) is 0 Å². The van der Waals surface area contributed by atoms with Gasteiger partial charge in [-0.3, -0.25) is 4.98 Å². The molecule has 0 aliphatic rings. The van der Waals surface area contributed by atoms with E-state index in [9.17, 15) is 0 Å². The van der Waals surface area contributed by atoms with Gasteiger partial charge in [0.15, 0.2) is 0 Å². The second-order valence-electron chi connectivity index (χ2n) is 5.83. The number of halogens is 1. The summed E-state index contributed by atoms with van der Waals surface area (Å²) in [4.78, 5) is 4.79. The Labute approximate surface area is 137 Å². The van der Waals surface area contributed by atoms with Gasteiger partial charge in [-0.15, -0.1) is 0 Å². The lowest BCUT2D eigenvalue weighted by molar-refractivity contribution is 0.574. The molecule has 0 fully saturated rings. The summed E-state index contributed by atoms with van der Waals surface area (Å²) in [6.45, 7) is 2.27. The largest absolute Gasteiger partial charge is 0.252 e. The van der Waals surface area contributed by atoms with Gasteiger partial charge < -0.3 is 0 Å². The Bertz CT molecular complexity index is 550. The summed E-state index contributed by atoms with van der Waals surface area (Å²) in [6, 6.07) is 10.5. The molecule has 2 aromatic rings. The molecule has 0 aliphatic carbocycles. The molecule has 0 unspecified atom stereocenters. The molecule has 2 heteroatoms. The van der Waals surface area contributed by atoms with E-state index in [1.54, 1.807) is 0 Å². The van der Waals surface area contributed by atoms with E-state index in [0.29, 0.717) is 0 Å². The molecule has 0 radical (unpaired) electrons. The Morgan fingerprint density at radius 2 is 1.57 bits per heavy atom. The van der Waals surface area contributed by atoms with Gasteiger partial charge in [0, 0.05) is 9.86 Å². The lowest BCUT2D eigenvalue weighted by Gasteiger charge is -2.06. The van der Waals surface area contributed by atoms with Crippen molar-refractivity contribution in [1.82, 2.24) is 4.98 Å². The fourth-order valence-corrected chi connectivity index (χ4v) is 3.27. The first-order chi connectivity index (χ1) is 10.3. The van der Waals surface area contributed by atoms with E-state index in [0.717, 1.165) is 16.4 Å². The van der Waals surface area contributed by atoms with E-state index in [1.165, 1.54) is 62.4 Å². The maximum Gasteiger partial charge on any atom is 0.0706 e. The van der Waals surface area contributed by atoms with Gasteiger partial charge in [0.1, 0.15) is 0 Å². The monoisotopic (exact) mass is 347 g/mol. The minimum Gasteiger partial charge on any atom is -0.252 e. The van der Waals surface area contributed by atoms with E-state index in [1.807, 2.05) is 0 Å². The molecule has 1 heterocycles. The molecule has 0 aliphatic heterocycles. The normalized spacial score (nSPS) is 11.1. The number of pyridine rings is 1. The minimum atomic E-state index is 1.08. The van der Waals surface area contributed by atoms with Crippen molar-refractivity contribution in [3.63, 3.8) is 0 Å². The summed E-state index contributed by atoms with van der Waals surface area (Å²) in [5, 5.41) is 1.21. The van der Waals surface area contributed by atoms with Crippen LogP contribution in [-0.4, -0.2) is 4.98 Å². The highest BCUT2D eigenvalue weighted by Crippen LogP contribution is 2.23. The molecule has 1 aromatic carbocycles. The van der Waals surface area contributed by atoms with Gasteiger partial charge in [-0.05, 0) is 40.9 Å². The Morgan fingerprint density at radius 3 is 2.33 bits per heavy atom. The maximum atomic E-state index is 4.79. The van der Waals surface area contributed by atoms with Crippen LogP contribution in [0.1, 0.15) is 64.0 Å². The van der Waals surface area contributed by atoms with Crippen LogP contribution in [0.15, 0.2) is 34.8 Å². The van der Waals surface area contributed by atoms with Crippen molar-refractivity contribution in [3.8, 4) is 0 Å². The molecule has 0 amide bonds. The summed E-state index contributed by atoms with van der Waals surface area (Å²) in [7, 11) is 0. The molecule has 0 N–H and O–H groups in total. The summed E-state index contributed by atoms with van der Waals surface area (Å²) >= 11 is 3.67. The molecule has 0 spiro atoms. The highest BCUT2D eigenvalue weighted by Gasteiger charge is 2.04. The Balaban J connectivity index is 1.74. The summed E-state index contributed by atoms with van der Waals surface area (Å²) in [5.41, 5.74) is 2.31. The van der Waals surface area contributed by atoms with E-state index in [4.69, 9.17) is 4.98 Å². The first-order valence-corrected chi connectivity index (χ1v) is 9.14. The van der Waals surface area contributed by atoms with Crippen LogP contribution < -0.4 is 0 Å². The fourth-order valence-electron chi connectivity index (χ4n) is 2.73. The number of aromatic nitrogens is 1. The van der Waals surface area contributed by atoms with Crippen LogP contribution in [0, 0.1) is 0 Å². The molecule has 1 aromatic heterocycles. The second-order valence-corrected chi connectivity index (χ2v) is 6.69. The molecular weight excluding hydrogens is 322 g/mol. The van der Waals surface area contributed by atoms with Crippen LogP contribution in [0.4, 0.5) is 0 Å². The molecule has 21 heavy (non-hydrogen) atoms. The maximum absolute atomic E-state index is 4.79. The first-order valence-electron chi connectivity index (χ1n) is 8.35. The topological polar surface area (TPSA) is 12.9 Å². The van der Waals surface area contributed by atoms with Crippen molar-refractivity contribution in [2.24, 2.45) is 0 Å². The van der Waals surface area contributed by atoms with Crippen molar-refractivity contribution in [3.05, 3.63) is 40.5 Å². The van der Waals surface area contributed by atoms with E-state index >= 15 is 0 Å². The number of para-hydroxylation sites is 1. The number of nitrogens with zero attached hydrogens (tertiary/aromatic N) is 1. The lowest BCUT2D eigenvalue weighted by atomic mass is 10.1. The van der Waals surface area contributed by atoms with Gasteiger partial charge in [0.05, 0.1) is 11.2 Å². The van der Waals surface area contributed by atoms with Crippen molar-refractivity contribution < 1.29 is 0 Å². The standard InChI is InChI=1S/C19H26BrN/c1-2-3-4-5-6-7-8-9-14-19-17(20)15-16-12-10-11-13-18(16)21-19/h10-13,15H,2-9,14H2,1H3. The number of hydrogen-bond donors (Lipinski definition) is 0. The van der Waals surface area contributed by atoms with Gasteiger partial charge in [-0.1, -0.05) is 70.1 Å². The first kappa shape index (κ1) is 16.5. The minimum absolute atomic E-state index is 1.08. The zero-order valence-corrected chi connectivity index (χ0v) is 14.7. The summed E-state index contributed by atoms with van der Waals surface area (Å²) in [6.07, 6.45) is 12.0. The second kappa shape index (κ2) is 9.19. The van der Waals surface area contributed by atoms with Gasteiger partial charge >= 0.3 is 0 Å². The molecule has 114 valence electrons. The smallest absolute Gasteiger partial charge is 0.0706 e. The molecule has 0 saturated heterocycles. The SMILES string of the molecule is CCCCCCCCCCc1nc2ccccc2cc1Br. The average molecular weight is 348 g/mol. The van der Waals surface area contributed by atoms with Gasteiger partial charge in [-0.2, -0.15) is 0 Å². The third kappa shape index (κ3) is 5.43. The van der Waals surface area contributed by atoms with Crippen LogP contribution >= 0.6 is 15.9 Å². The van der Waals surface area contributed by atoms with Crippen LogP contribution in [-0.2, 0) is 6.42 Å². The molecule has 0 bridgehead atoms. The van der Waals surface area contributed by atoms with Crippen LogP contribution in [0.25, 0.3) is 10.9 Å². The number of hydrogen-bond acceptors (Lipinski definition) is 1. The third-order valence-electron chi connectivity index (χ3n) is 4.02. The average Bonchev–Trinajstić information content (AvgIpc) is 2.50. The number of benzene rings is 1. The Kier molecular flexibility index (Phi) is 7.21. The zero-order valence-electron chi connectivity index (χ0n) is 13.1. The molecule has 0 saturated carbocycles. The van der Waals surface area contributed by atoms with E-state index < -0.39 is 0 Å². The molecule has 1 nitrogen and oxygen atoms in total. The molecule has 0 atom stereocenters. The van der Waals surface area contributed by atoms with Gasteiger partial charge in [0.2, 0.25) is 0 Å². The summed E-state index contributed by atoms with van der Waals surface area (Å²) < 4.78 is 1.16. The Morgan fingerprint density at radius 1 is 0.905 bits per heavy atom. The number of unbranched alkanes of at least 4 members (excludes halogenated alkanes) is 7.